The van der Waals surface area contributed by atoms with Crippen LogP contribution in [0.3, 0.4) is 0 Å². The van der Waals surface area contributed by atoms with E-state index in [1.807, 2.05) is 0 Å². The largest absolute Gasteiger partial charge is 0.308 e. The van der Waals surface area contributed by atoms with E-state index in [1.165, 1.54) is 12.3 Å². The zero-order chi connectivity index (χ0) is 14.8. The number of pyridine rings is 1. The standard InChI is InChI=1S/C15H10ClFN4/c16-10-8-13-15(19-9-10)21(7-3-6-18)14(20-13)11-4-1-2-5-12(11)17/h1-2,4-5,8-9H,3,7H2. The summed E-state index contributed by atoms with van der Waals surface area (Å²) in [7, 11) is 0. The first-order chi connectivity index (χ1) is 10.2. The Bertz CT molecular complexity index is 850. The summed E-state index contributed by atoms with van der Waals surface area (Å²) in [5, 5.41) is 9.26. The SMILES string of the molecule is N#CCCn1c(-c2ccccc2F)nc2cc(Cl)cnc21. The van der Waals surface area contributed by atoms with Crippen molar-refractivity contribution in [3.05, 3.63) is 47.4 Å². The highest BCUT2D eigenvalue weighted by molar-refractivity contribution is 6.31. The van der Waals surface area contributed by atoms with E-state index in [-0.39, 0.29) is 12.2 Å². The molecule has 4 nitrogen and oxygen atoms in total. The number of aromatic nitrogens is 3. The quantitative estimate of drug-likeness (QED) is 0.739. The molecule has 6 heteroatoms. The van der Waals surface area contributed by atoms with Crippen molar-refractivity contribution in [2.45, 2.75) is 13.0 Å². The maximum atomic E-state index is 14.0. The molecular weight excluding hydrogens is 291 g/mol. The molecule has 0 bridgehead atoms. The maximum absolute atomic E-state index is 14.0. The van der Waals surface area contributed by atoms with Crippen molar-refractivity contribution in [1.29, 1.82) is 5.26 Å². The third-order valence-corrected chi connectivity index (χ3v) is 3.32. The molecule has 0 aliphatic heterocycles. The second kappa shape index (κ2) is 5.51. The van der Waals surface area contributed by atoms with Gasteiger partial charge in [-0.1, -0.05) is 23.7 Å². The highest BCUT2D eigenvalue weighted by Gasteiger charge is 2.16. The Hall–Kier alpha value is -2.45. The molecule has 0 radical (unpaired) electrons. The number of fused-ring (bicyclic) bond motifs is 1. The summed E-state index contributed by atoms with van der Waals surface area (Å²) in [5.41, 5.74) is 1.55. The molecule has 3 aromatic rings. The van der Waals surface area contributed by atoms with Crippen LogP contribution in [-0.2, 0) is 6.54 Å². The Balaban J connectivity index is 2.26. The fraction of sp³-hybridized carbons (Fsp3) is 0.133. The number of hydrogen-bond acceptors (Lipinski definition) is 3. The molecule has 0 spiro atoms. The lowest BCUT2D eigenvalue weighted by Crippen LogP contribution is -2.02. The second-order valence-electron chi connectivity index (χ2n) is 4.47. The zero-order valence-corrected chi connectivity index (χ0v) is 11.7. The molecule has 0 saturated heterocycles. The van der Waals surface area contributed by atoms with Crippen molar-refractivity contribution in [1.82, 2.24) is 14.5 Å². The highest BCUT2D eigenvalue weighted by Crippen LogP contribution is 2.27. The normalized spacial score (nSPS) is 10.7. The third kappa shape index (κ3) is 2.46. The summed E-state index contributed by atoms with van der Waals surface area (Å²) in [4.78, 5) is 8.67. The number of benzene rings is 1. The maximum Gasteiger partial charge on any atom is 0.160 e. The van der Waals surface area contributed by atoms with E-state index < -0.39 is 0 Å². The van der Waals surface area contributed by atoms with E-state index in [0.717, 1.165) is 0 Å². The van der Waals surface area contributed by atoms with Crippen LogP contribution in [0, 0.1) is 17.1 Å². The Morgan fingerprint density at radius 2 is 2.14 bits per heavy atom. The molecule has 0 fully saturated rings. The molecule has 0 unspecified atom stereocenters. The predicted octanol–water partition coefficient (Wildman–Crippen LogP) is 3.80. The summed E-state index contributed by atoms with van der Waals surface area (Å²) in [6.45, 7) is 0.394. The molecule has 2 heterocycles. The van der Waals surface area contributed by atoms with Gasteiger partial charge in [-0.05, 0) is 18.2 Å². The molecular formula is C15H10ClFN4. The second-order valence-corrected chi connectivity index (χ2v) is 4.91. The van der Waals surface area contributed by atoms with Gasteiger partial charge < -0.3 is 4.57 Å². The molecule has 0 N–H and O–H groups in total. The minimum Gasteiger partial charge on any atom is -0.308 e. The van der Waals surface area contributed by atoms with Gasteiger partial charge in [-0.15, -0.1) is 0 Å². The fourth-order valence-electron chi connectivity index (χ4n) is 2.21. The molecule has 0 saturated carbocycles. The number of aryl methyl sites for hydroxylation is 1. The Morgan fingerprint density at radius 1 is 1.33 bits per heavy atom. The van der Waals surface area contributed by atoms with Crippen LogP contribution >= 0.6 is 11.6 Å². The molecule has 0 atom stereocenters. The highest BCUT2D eigenvalue weighted by atomic mass is 35.5. The van der Waals surface area contributed by atoms with Gasteiger partial charge in [0, 0.05) is 12.7 Å². The first kappa shape index (κ1) is 13.5. The van der Waals surface area contributed by atoms with Crippen molar-refractivity contribution in [3.63, 3.8) is 0 Å². The van der Waals surface area contributed by atoms with Gasteiger partial charge in [-0.3, -0.25) is 0 Å². The Labute approximate surface area is 125 Å². The number of imidazole rings is 1. The molecule has 0 aliphatic rings. The van der Waals surface area contributed by atoms with Crippen LogP contribution in [0.25, 0.3) is 22.6 Å². The van der Waals surface area contributed by atoms with Crippen molar-refractivity contribution >= 4 is 22.8 Å². The van der Waals surface area contributed by atoms with Gasteiger partial charge in [0.2, 0.25) is 0 Å². The van der Waals surface area contributed by atoms with Crippen LogP contribution in [0.2, 0.25) is 5.02 Å². The minimum absolute atomic E-state index is 0.289. The van der Waals surface area contributed by atoms with Gasteiger partial charge in [0.15, 0.2) is 5.65 Å². The fourth-order valence-corrected chi connectivity index (χ4v) is 2.36. The molecule has 1 aromatic carbocycles. The lowest BCUT2D eigenvalue weighted by molar-refractivity contribution is 0.626. The average Bonchev–Trinajstić information content (AvgIpc) is 2.83. The van der Waals surface area contributed by atoms with Crippen LogP contribution in [0.5, 0.6) is 0 Å². The predicted molar refractivity (Wildman–Crippen MR) is 78.2 cm³/mol. The summed E-state index contributed by atoms with van der Waals surface area (Å²) >= 11 is 5.92. The van der Waals surface area contributed by atoms with Gasteiger partial charge in [-0.25, -0.2) is 14.4 Å². The van der Waals surface area contributed by atoms with E-state index in [9.17, 15) is 4.39 Å². The molecule has 104 valence electrons. The van der Waals surface area contributed by atoms with Crippen LogP contribution < -0.4 is 0 Å². The van der Waals surface area contributed by atoms with Crippen LogP contribution in [0.4, 0.5) is 4.39 Å². The summed E-state index contributed by atoms with van der Waals surface area (Å²) in [6, 6.07) is 10.2. The molecule has 3 rings (SSSR count). The smallest absolute Gasteiger partial charge is 0.160 e. The zero-order valence-electron chi connectivity index (χ0n) is 10.9. The summed E-state index contributed by atoms with van der Waals surface area (Å²) < 4.78 is 15.8. The van der Waals surface area contributed by atoms with Crippen molar-refractivity contribution < 1.29 is 4.39 Å². The monoisotopic (exact) mass is 300 g/mol. The van der Waals surface area contributed by atoms with E-state index in [0.29, 0.717) is 34.1 Å². The van der Waals surface area contributed by atoms with Crippen molar-refractivity contribution in [2.75, 3.05) is 0 Å². The third-order valence-electron chi connectivity index (χ3n) is 3.11. The molecule has 2 aromatic heterocycles. The lowest BCUT2D eigenvalue weighted by Gasteiger charge is -2.07. The number of rotatable bonds is 3. The number of halogens is 2. The molecule has 0 aliphatic carbocycles. The van der Waals surface area contributed by atoms with Gasteiger partial charge in [-0.2, -0.15) is 5.26 Å². The van der Waals surface area contributed by atoms with Gasteiger partial charge in [0.05, 0.1) is 23.1 Å². The van der Waals surface area contributed by atoms with Crippen molar-refractivity contribution in [2.24, 2.45) is 0 Å². The van der Waals surface area contributed by atoms with E-state index in [2.05, 4.69) is 16.0 Å². The van der Waals surface area contributed by atoms with E-state index in [4.69, 9.17) is 16.9 Å². The number of nitriles is 1. The molecule has 0 amide bonds. The van der Waals surface area contributed by atoms with E-state index in [1.54, 1.807) is 28.8 Å². The van der Waals surface area contributed by atoms with Gasteiger partial charge in [0.25, 0.3) is 0 Å². The average molecular weight is 301 g/mol. The van der Waals surface area contributed by atoms with E-state index >= 15 is 0 Å². The number of hydrogen-bond donors (Lipinski definition) is 0. The van der Waals surface area contributed by atoms with Crippen LogP contribution in [0.1, 0.15) is 6.42 Å². The first-order valence-corrected chi connectivity index (χ1v) is 6.72. The Kier molecular flexibility index (Phi) is 3.55. The van der Waals surface area contributed by atoms with Crippen LogP contribution in [0.15, 0.2) is 36.5 Å². The minimum atomic E-state index is -0.364. The van der Waals surface area contributed by atoms with Gasteiger partial charge >= 0.3 is 0 Å². The Morgan fingerprint density at radius 3 is 2.90 bits per heavy atom. The number of nitrogens with zero attached hydrogens (tertiary/aromatic N) is 4. The lowest BCUT2D eigenvalue weighted by atomic mass is 10.2. The van der Waals surface area contributed by atoms with Crippen molar-refractivity contribution in [3.8, 4) is 17.5 Å². The van der Waals surface area contributed by atoms with Gasteiger partial charge in [0.1, 0.15) is 17.2 Å². The summed E-state index contributed by atoms with van der Waals surface area (Å²) in [5.74, 6) is 0.0882. The van der Waals surface area contributed by atoms with Crippen LogP contribution in [-0.4, -0.2) is 14.5 Å². The molecule has 21 heavy (non-hydrogen) atoms. The summed E-state index contributed by atoms with van der Waals surface area (Å²) in [6.07, 6.45) is 1.80. The topological polar surface area (TPSA) is 54.5 Å². The first-order valence-electron chi connectivity index (χ1n) is 6.34.